The van der Waals surface area contributed by atoms with Crippen LogP contribution < -0.4 is 0 Å². The van der Waals surface area contributed by atoms with Crippen molar-refractivity contribution in [3.05, 3.63) is 33.7 Å². The average Bonchev–Trinajstić information content (AvgIpc) is 2.63. The number of aromatic amines is 1. The highest BCUT2D eigenvalue weighted by atomic mass is 127. The van der Waals surface area contributed by atoms with E-state index >= 15 is 0 Å². The first-order valence-electron chi connectivity index (χ1n) is 4.21. The van der Waals surface area contributed by atoms with E-state index in [2.05, 4.69) is 15.2 Å². The van der Waals surface area contributed by atoms with E-state index in [1.165, 1.54) is 18.5 Å². The molecule has 2 heterocycles. The summed E-state index contributed by atoms with van der Waals surface area (Å²) in [7, 11) is 0. The molecule has 16 heavy (non-hydrogen) atoms. The van der Waals surface area contributed by atoms with Gasteiger partial charge in [-0.15, -0.1) is 0 Å². The van der Waals surface area contributed by atoms with Gasteiger partial charge in [-0.1, -0.05) is 0 Å². The normalized spacial score (nSPS) is 11.8. The van der Waals surface area contributed by atoms with E-state index in [-0.39, 0.29) is 11.4 Å². The van der Waals surface area contributed by atoms with Crippen molar-refractivity contribution < 1.29 is 13.2 Å². The summed E-state index contributed by atoms with van der Waals surface area (Å²) in [5.74, 6) is 0. The van der Waals surface area contributed by atoms with E-state index in [1.807, 2.05) is 22.6 Å². The first kappa shape index (κ1) is 11.4. The zero-order chi connectivity index (χ0) is 11.8. The van der Waals surface area contributed by atoms with Crippen molar-refractivity contribution in [2.45, 2.75) is 6.18 Å². The number of nitrogens with one attached hydrogen (secondary N) is 1. The lowest BCUT2D eigenvalue weighted by atomic mass is 10.1. The van der Waals surface area contributed by atoms with Crippen LogP contribution in [-0.2, 0) is 6.18 Å². The summed E-state index contributed by atoms with van der Waals surface area (Å²) in [5.41, 5.74) is -0.609. The van der Waals surface area contributed by atoms with Gasteiger partial charge in [-0.05, 0) is 34.7 Å². The molecule has 0 unspecified atom stereocenters. The van der Waals surface area contributed by atoms with Gasteiger partial charge >= 0.3 is 6.18 Å². The van der Waals surface area contributed by atoms with Crippen LogP contribution in [0.1, 0.15) is 5.56 Å². The minimum Gasteiger partial charge on any atom is -0.275 e. The molecule has 0 spiro atoms. The van der Waals surface area contributed by atoms with Crippen LogP contribution in [0.2, 0.25) is 0 Å². The van der Waals surface area contributed by atoms with Crippen LogP contribution in [0.25, 0.3) is 11.4 Å². The monoisotopic (exact) mass is 339 g/mol. The molecule has 0 amide bonds. The minimum atomic E-state index is -4.42. The maximum Gasteiger partial charge on any atom is 0.418 e. The second-order valence-corrected chi connectivity index (χ2v) is 4.15. The van der Waals surface area contributed by atoms with Gasteiger partial charge < -0.3 is 0 Å². The van der Waals surface area contributed by atoms with Gasteiger partial charge in [-0.2, -0.15) is 18.3 Å². The molecule has 84 valence electrons. The Morgan fingerprint density at radius 3 is 2.62 bits per heavy atom. The predicted molar refractivity (Wildman–Crippen MR) is 59.5 cm³/mol. The molecule has 2 rings (SSSR count). The Morgan fingerprint density at radius 1 is 1.31 bits per heavy atom. The molecule has 1 N–H and O–H groups in total. The lowest BCUT2D eigenvalue weighted by Crippen LogP contribution is -2.08. The van der Waals surface area contributed by atoms with E-state index in [9.17, 15) is 13.2 Å². The molecule has 2 aromatic rings. The number of aromatic nitrogens is 3. The van der Waals surface area contributed by atoms with Crippen LogP contribution in [0, 0.1) is 3.57 Å². The second kappa shape index (κ2) is 4.04. The molecule has 0 saturated carbocycles. The zero-order valence-corrected chi connectivity index (χ0v) is 9.87. The standard InChI is InChI=1S/C9H5F3IN3/c10-9(11,12)5-2-1-3-14-7(5)8-6(13)4-15-16-8/h1-4H,(H,15,16). The van der Waals surface area contributed by atoms with Crippen LogP contribution >= 0.6 is 22.6 Å². The molecule has 0 radical (unpaired) electrons. The Morgan fingerprint density at radius 2 is 2.06 bits per heavy atom. The van der Waals surface area contributed by atoms with Gasteiger partial charge in [0.25, 0.3) is 0 Å². The number of pyridine rings is 1. The van der Waals surface area contributed by atoms with E-state index in [0.29, 0.717) is 3.57 Å². The number of halogens is 4. The van der Waals surface area contributed by atoms with Crippen molar-refractivity contribution in [2.24, 2.45) is 0 Å². The number of alkyl halides is 3. The Labute approximate surface area is 102 Å². The third-order valence-electron chi connectivity index (χ3n) is 1.94. The summed E-state index contributed by atoms with van der Waals surface area (Å²) >= 11 is 1.90. The highest BCUT2D eigenvalue weighted by Crippen LogP contribution is 2.35. The number of rotatable bonds is 1. The van der Waals surface area contributed by atoms with Gasteiger partial charge in [0.05, 0.1) is 21.0 Å². The molecule has 0 fully saturated rings. The Hall–Kier alpha value is -1.12. The summed E-state index contributed by atoms with van der Waals surface area (Å²) in [6.07, 6.45) is -1.65. The van der Waals surface area contributed by atoms with Gasteiger partial charge in [0.15, 0.2) is 0 Å². The number of H-pyrrole nitrogens is 1. The zero-order valence-electron chi connectivity index (χ0n) is 7.72. The highest BCUT2D eigenvalue weighted by Gasteiger charge is 2.35. The Kier molecular flexibility index (Phi) is 2.87. The Balaban J connectivity index is 2.62. The van der Waals surface area contributed by atoms with Gasteiger partial charge in [-0.3, -0.25) is 10.1 Å². The maximum atomic E-state index is 12.7. The molecular weight excluding hydrogens is 334 g/mol. The molecule has 0 aliphatic heterocycles. The van der Waals surface area contributed by atoms with Crippen LogP contribution in [0.3, 0.4) is 0 Å². The largest absolute Gasteiger partial charge is 0.418 e. The van der Waals surface area contributed by atoms with Crippen molar-refractivity contribution in [2.75, 3.05) is 0 Å². The van der Waals surface area contributed by atoms with E-state index in [4.69, 9.17) is 0 Å². The summed E-state index contributed by atoms with van der Waals surface area (Å²) in [6.45, 7) is 0. The fraction of sp³-hybridized carbons (Fsp3) is 0.111. The van der Waals surface area contributed by atoms with Crippen molar-refractivity contribution in [1.82, 2.24) is 15.2 Å². The molecule has 3 nitrogen and oxygen atoms in total. The smallest absolute Gasteiger partial charge is 0.275 e. The molecule has 0 atom stereocenters. The van der Waals surface area contributed by atoms with Crippen LogP contribution in [0.5, 0.6) is 0 Å². The van der Waals surface area contributed by atoms with Crippen molar-refractivity contribution >= 4 is 22.6 Å². The van der Waals surface area contributed by atoms with Crippen molar-refractivity contribution in [1.29, 1.82) is 0 Å². The fourth-order valence-corrected chi connectivity index (χ4v) is 1.79. The molecular formula is C9H5F3IN3. The predicted octanol–water partition coefficient (Wildman–Crippen LogP) is 3.10. The van der Waals surface area contributed by atoms with Gasteiger partial charge in [-0.25, -0.2) is 0 Å². The first-order chi connectivity index (χ1) is 7.50. The number of nitrogens with zero attached hydrogens (tertiary/aromatic N) is 2. The molecule has 0 bridgehead atoms. The fourth-order valence-electron chi connectivity index (χ4n) is 1.27. The topological polar surface area (TPSA) is 41.6 Å². The summed E-state index contributed by atoms with van der Waals surface area (Å²) in [4.78, 5) is 3.75. The minimum absolute atomic E-state index is 0.128. The van der Waals surface area contributed by atoms with Gasteiger partial charge in [0, 0.05) is 6.20 Å². The third kappa shape index (κ3) is 2.04. The van der Waals surface area contributed by atoms with Crippen LogP contribution in [-0.4, -0.2) is 15.2 Å². The lowest BCUT2D eigenvalue weighted by Gasteiger charge is -2.10. The molecule has 7 heteroatoms. The number of hydrogen-bond donors (Lipinski definition) is 1. The summed E-state index contributed by atoms with van der Waals surface area (Å²) in [5, 5.41) is 6.20. The van der Waals surface area contributed by atoms with Crippen LogP contribution in [0.15, 0.2) is 24.5 Å². The maximum absolute atomic E-state index is 12.7. The summed E-state index contributed by atoms with van der Waals surface area (Å²) < 4.78 is 38.7. The summed E-state index contributed by atoms with van der Waals surface area (Å²) in [6, 6.07) is 2.26. The average molecular weight is 339 g/mol. The molecule has 2 aromatic heterocycles. The van der Waals surface area contributed by atoms with E-state index in [0.717, 1.165) is 6.07 Å². The van der Waals surface area contributed by atoms with Crippen molar-refractivity contribution in [3.63, 3.8) is 0 Å². The SMILES string of the molecule is FC(F)(F)c1cccnc1-c1[nH]ncc1I. The second-order valence-electron chi connectivity index (χ2n) is 2.99. The van der Waals surface area contributed by atoms with Gasteiger partial charge in [0.2, 0.25) is 0 Å². The Bertz CT molecular complexity index is 507. The van der Waals surface area contributed by atoms with E-state index in [1.54, 1.807) is 0 Å². The van der Waals surface area contributed by atoms with Crippen molar-refractivity contribution in [3.8, 4) is 11.4 Å². The number of hydrogen-bond acceptors (Lipinski definition) is 2. The molecule has 0 aliphatic rings. The quantitative estimate of drug-likeness (QED) is 0.812. The highest BCUT2D eigenvalue weighted by molar-refractivity contribution is 14.1. The third-order valence-corrected chi connectivity index (χ3v) is 2.76. The van der Waals surface area contributed by atoms with E-state index < -0.39 is 11.7 Å². The van der Waals surface area contributed by atoms with Gasteiger partial charge in [0.1, 0.15) is 5.69 Å². The van der Waals surface area contributed by atoms with Crippen LogP contribution in [0.4, 0.5) is 13.2 Å². The molecule has 0 aliphatic carbocycles. The molecule has 0 saturated heterocycles. The lowest BCUT2D eigenvalue weighted by molar-refractivity contribution is -0.137. The first-order valence-corrected chi connectivity index (χ1v) is 5.29. The molecule has 0 aromatic carbocycles.